The highest BCUT2D eigenvalue weighted by Gasteiger charge is 2.36. The predicted octanol–water partition coefficient (Wildman–Crippen LogP) is 1.93. The van der Waals surface area contributed by atoms with Crippen LogP contribution in [0.1, 0.15) is 48.0 Å². The summed E-state index contributed by atoms with van der Waals surface area (Å²) in [5, 5.41) is 6.00. The van der Waals surface area contributed by atoms with Crippen molar-refractivity contribution in [3.63, 3.8) is 0 Å². The molecule has 1 aliphatic heterocycles. The highest BCUT2D eigenvalue weighted by molar-refractivity contribution is 5.94. The van der Waals surface area contributed by atoms with Gasteiger partial charge in [-0.25, -0.2) is 0 Å². The summed E-state index contributed by atoms with van der Waals surface area (Å²) in [7, 11) is 0. The van der Waals surface area contributed by atoms with E-state index in [-0.39, 0.29) is 11.8 Å². The average Bonchev–Trinajstić information content (AvgIpc) is 3.17. The van der Waals surface area contributed by atoms with Gasteiger partial charge in [0.25, 0.3) is 5.91 Å². The molecule has 0 spiro atoms. The number of carbonyl (C=O) groups excluding carboxylic acids is 2. The number of fused-ring (bicyclic) bond motifs is 1. The van der Waals surface area contributed by atoms with E-state index in [0.717, 1.165) is 43.3 Å². The Hall–Kier alpha value is -1.88. The van der Waals surface area contributed by atoms with Crippen LogP contribution >= 0.6 is 0 Å². The van der Waals surface area contributed by atoms with Crippen LogP contribution < -0.4 is 10.6 Å². The van der Waals surface area contributed by atoms with E-state index in [1.54, 1.807) is 0 Å². The van der Waals surface area contributed by atoms with Crippen LogP contribution in [-0.2, 0) is 11.3 Å². The summed E-state index contributed by atoms with van der Waals surface area (Å²) in [6.45, 7) is 3.13. The SMILES string of the molecule is O=C(CN1C[C@H]2CCC[C@@H]2C1)NCc1cccc(C(=O)NC2CC2)c1. The van der Waals surface area contributed by atoms with Crippen molar-refractivity contribution in [2.75, 3.05) is 19.6 Å². The Labute approximate surface area is 149 Å². The summed E-state index contributed by atoms with van der Waals surface area (Å²) in [6, 6.07) is 7.89. The third-order valence-corrected chi connectivity index (χ3v) is 5.76. The number of rotatable bonds is 6. The van der Waals surface area contributed by atoms with Gasteiger partial charge in [0.2, 0.25) is 5.91 Å². The zero-order chi connectivity index (χ0) is 17.2. The van der Waals surface area contributed by atoms with Crippen LogP contribution in [0.25, 0.3) is 0 Å². The topological polar surface area (TPSA) is 61.4 Å². The normalized spacial score (nSPS) is 25.6. The second-order valence-electron chi connectivity index (χ2n) is 7.87. The van der Waals surface area contributed by atoms with E-state index >= 15 is 0 Å². The zero-order valence-corrected chi connectivity index (χ0v) is 14.7. The summed E-state index contributed by atoms with van der Waals surface area (Å²) in [5.41, 5.74) is 1.64. The minimum Gasteiger partial charge on any atom is -0.351 e. The molecule has 2 aliphatic carbocycles. The number of nitrogens with one attached hydrogen (secondary N) is 2. The number of benzene rings is 1. The van der Waals surface area contributed by atoms with E-state index in [1.807, 2.05) is 24.3 Å². The fourth-order valence-electron chi connectivity index (χ4n) is 4.24. The van der Waals surface area contributed by atoms with Gasteiger partial charge in [-0.15, -0.1) is 0 Å². The Morgan fingerprint density at radius 2 is 1.84 bits per heavy atom. The maximum Gasteiger partial charge on any atom is 0.251 e. The first kappa shape index (κ1) is 16.6. The Kier molecular flexibility index (Phi) is 4.75. The molecule has 1 heterocycles. The lowest BCUT2D eigenvalue weighted by atomic mass is 10.0. The molecule has 1 aromatic carbocycles. The molecule has 0 radical (unpaired) electrons. The summed E-state index contributed by atoms with van der Waals surface area (Å²) in [5.74, 6) is 1.69. The molecule has 3 aliphatic rings. The second kappa shape index (κ2) is 7.16. The Morgan fingerprint density at radius 1 is 1.08 bits per heavy atom. The molecule has 1 saturated heterocycles. The van der Waals surface area contributed by atoms with Gasteiger partial charge in [0.1, 0.15) is 0 Å². The lowest BCUT2D eigenvalue weighted by Crippen LogP contribution is -2.36. The van der Waals surface area contributed by atoms with Crippen molar-refractivity contribution in [2.24, 2.45) is 11.8 Å². The van der Waals surface area contributed by atoms with Crippen LogP contribution in [0.15, 0.2) is 24.3 Å². The number of hydrogen-bond acceptors (Lipinski definition) is 3. The molecule has 2 amide bonds. The van der Waals surface area contributed by atoms with Crippen molar-refractivity contribution in [1.82, 2.24) is 15.5 Å². The molecule has 5 heteroatoms. The number of carbonyl (C=O) groups is 2. The minimum absolute atomic E-state index is 0.0146. The first-order chi connectivity index (χ1) is 12.2. The predicted molar refractivity (Wildman–Crippen MR) is 96.0 cm³/mol. The van der Waals surface area contributed by atoms with E-state index in [4.69, 9.17) is 0 Å². The highest BCUT2D eigenvalue weighted by Crippen LogP contribution is 2.37. The number of likely N-dealkylation sites (tertiary alicyclic amines) is 1. The van der Waals surface area contributed by atoms with Crippen LogP contribution in [0.4, 0.5) is 0 Å². The Morgan fingerprint density at radius 3 is 2.56 bits per heavy atom. The fourth-order valence-corrected chi connectivity index (χ4v) is 4.24. The van der Waals surface area contributed by atoms with E-state index in [1.165, 1.54) is 19.3 Å². The minimum atomic E-state index is -0.0146. The van der Waals surface area contributed by atoms with E-state index in [0.29, 0.717) is 24.7 Å². The van der Waals surface area contributed by atoms with Crippen LogP contribution in [-0.4, -0.2) is 42.4 Å². The molecule has 0 aromatic heterocycles. The molecular formula is C20H27N3O2. The largest absolute Gasteiger partial charge is 0.351 e. The van der Waals surface area contributed by atoms with E-state index < -0.39 is 0 Å². The standard InChI is InChI=1S/C20H27N3O2/c24-19(13-23-11-16-5-2-6-17(16)12-23)21-10-14-3-1-4-15(9-14)20(25)22-18-7-8-18/h1,3-4,9,16-18H,2,5-8,10-13H2,(H,21,24)(H,22,25)/t16-,17-/m1/s1. The van der Waals surface area contributed by atoms with Gasteiger partial charge in [-0.2, -0.15) is 0 Å². The quantitative estimate of drug-likeness (QED) is 0.831. The molecule has 0 bridgehead atoms. The van der Waals surface area contributed by atoms with Crippen molar-refractivity contribution in [3.05, 3.63) is 35.4 Å². The van der Waals surface area contributed by atoms with E-state index in [9.17, 15) is 9.59 Å². The van der Waals surface area contributed by atoms with Crippen LogP contribution in [0.3, 0.4) is 0 Å². The number of amides is 2. The monoisotopic (exact) mass is 341 g/mol. The van der Waals surface area contributed by atoms with Crippen LogP contribution in [0.2, 0.25) is 0 Å². The van der Waals surface area contributed by atoms with Crippen LogP contribution in [0.5, 0.6) is 0 Å². The van der Waals surface area contributed by atoms with Crippen molar-refractivity contribution in [3.8, 4) is 0 Å². The zero-order valence-electron chi connectivity index (χ0n) is 14.7. The molecule has 2 atom stereocenters. The van der Waals surface area contributed by atoms with Crippen molar-refractivity contribution < 1.29 is 9.59 Å². The van der Waals surface area contributed by atoms with Gasteiger partial charge in [-0.05, 0) is 55.2 Å². The maximum absolute atomic E-state index is 12.2. The third kappa shape index (κ3) is 4.21. The fraction of sp³-hybridized carbons (Fsp3) is 0.600. The number of hydrogen-bond donors (Lipinski definition) is 2. The van der Waals surface area contributed by atoms with Gasteiger partial charge in [0.05, 0.1) is 6.54 Å². The lowest BCUT2D eigenvalue weighted by Gasteiger charge is -2.16. The molecule has 0 unspecified atom stereocenters. The molecule has 3 fully saturated rings. The van der Waals surface area contributed by atoms with Gasteiger partial charge in [-0.3, -0.25) is 14.5 Å². The lowest BCUT2D eigenvalue weighted by molar-refractivity contribution is -0.122. The average molecular weight is 341 g/mol. The molecule has 1 aromatic rings. The van der Waals surface area contributed by atoms with Crippen molar-refractivity contribution in [2.45, 2.75) is 44.7 Å². The summed E-state index contributed by atoms with van der Waals surface area (Å²) in [6.07, 6.45) is 6.19. The van der Waals surface area contributed by atoms with Gasteiger partial charge in [0.15, 0.2) is 0 Å². The first-order valence-electron chi connectivity index (χ1n) is 9.56. The van der Waals surface area contributed by atoms with Crippen LogP contribution in [0, 0.1) is 11.8 Å². The van der Waals surface area contributed by atoms with Gasteiger partial charge in [-0.1, -0.05) is 18.6 Å². The number of nitrogens with zero attached hydrogens (tertiary/aromatic N) is 1. The summed E-state index contributed by atoms with van der Waals surface area (Å²) < 4.78 is 0. The van der Waals surface area contributed by atoms with Gasteiger partial charge < -0.3 is 10.6 Å². The van der Waals surface area contributed by atoms with Crippen molar-refractivity contribution >= 4 is 11.8 Å². The van der Waals surface area contributed by atoms with E-state index in [2.05, 4.69) is 15.5 Å². The highest BCUT2D eigenvalue weighted by atomic mass is 16.2. The first-order valence-corrected chi connectivity index (χ1v) is 9.56. The molecule has 4 rings (SSSR count). The summed E-state index contributed by atoms with van der Waals surface area (Å²) in [4.78, 5) is 26.6. The molecule has 25 heavy (non-hydrogen) atoms. The molecular weight excluding hydrogens is 314 g/mol. The second-order valence-corrected chi connectivity index (χ2v) is 7.87. The van der Waals surface area contributed by atoms with Gasteiger partial charge >= 0.3 is 0 Å². The maximum atomic E-state index is 12.2. The van der Waals surface area contributed by atoms with Gasteiger partial charge in [0, 0.05) is 31.2 Å². The Balaban J connectivity index is 1.25. The smallest absolute Gasteiger partial charge is 0.251 e. The molecule has 5 nitrogen and oxygen atoms in total. The third-order valence-electron chi connectivity index (χ3n) is 5.76. The van der Waals surface area contributed by atoms with Crippen molar-refractivity contribution in [1.29, 1.82) is 0 Å². The molecule has 2 saturated carbocycles. The Bertz CT molecular complexity index is 644. The molecule has 2 N–H and O–H groups in total. The molecule has 134 valence electrons. The summed E-state index contributed by atoms with van der Waals surface area (Å²) >= 11 is 0.